The fourth-order valence-corrected chi connectivity index (χ4v) is 2.16. The van der Waals surface area contributed by atoms with Crippen molar-refractivity contribution in [1.82, 2.24) is 9.88 Å². The molecule has 0 aliphatic carbocycles. The van der Waals surface area contributed by atoms with Crippen LogP contribution in [-0.2, 0) is 17.8 Å². The highest BCUT2D eigenvalue weighted by molar-refractivity contribution is 5.83. The van der Waals surface area contributed by atoms with Crippen molar-refractivity contribution in [3.63, 3.8) is 0 Å². The summed E-state index contributed by atoms with van der Waals surface area (Å²) in [7, 11) is 1.65. The minimum atomic E-state index is -2.34. The Bertz CT molecular complexity index is 525. The predicted molar refractivity (Wildman–Crippen MR) is 71.5 cm³/mol. The molecule has 0 saturated heterocycles. The largest absolute Gasteiger partial charge is 0.383 e. The number of alkyl halides is 2. The first kappa shape index (κ1) is 14.0. The molecule has 104 valence electrons. The highest BCUT2D eigenvalue weighted by Crippen LogP contribution is 2.22. The molecule has 1 heterocycles. The Morgan fingerprint density at radius 3 is 2.84 bits per heavy atom. The Hall–Kier alpha value is -1.46. The van der Waals surface area contributed by atoms with Gasteiger partial charge in [-0.25, -0.2) is 8.78 Å². The minimum Gasteiger partial charge on any atom is -0.383 e. The standard InChI is InChI=1S/C14H18F2N2O/c1-19-7-6-17-8-11-9-18(10-14(15)16)13-5-3-2-4-12(11)13/h2-5,9,14,17H,6-8,10H2,1H3. The molecule has 3 nitrogen and oxygen atoms in total. The van der Waals surface area contributed by atoms with E-state index in [-0.39, 0.29) is 6.54 Å². The number of rotatable bonds is 7. The zero-order valence-corrected chi connectivity index (χ0v) is 10.9. The van der Waals surface area contributed by atoms with Crippen molar-refractivity contribution in [3.8, 4) is 0 Å². The maximum atomic E-state index is 12.6. The van der Waals surface area contributed by atoms with Gasteiger partial charge in [-0.1, -0.05) is 18.2 Å². The smallest absolute Gasteiger partial charge is 0.256 e. The van der Waals surface area contributed by atoms with Gasteiger partial charge in [0, 0.05) is 37.3 Å². The Balaban J connectivity index is 2.18. The number of halogens is 2. The summed E-state index contributed by atoms with van der Waals surface area (Å²) in [5, 5.41) is 4.26. The number of ether oxygens (including phenoxy) is 1. The molecule has 2 rings (SSSR count). The van der Waals surface area contributed by atoms with E-state index < -0.39 is 6.43 Å². The Labute approximate surface area is 111 Å². The van der Waals surface area contributed by atoms with Gasteiger partial charge in [-0.3, -0.25) is 0 Å². The van der Waals surface area contributed by atoms with Crippen LogP contribution in [-0.4, -0.2) is 31.3 Å². The molecule has 0 fully saturated rings. The molecule has 5 heteroatoms. The molecule has 1 aromatic heterocycles. The lowest BCUT2D eigenvalue weighted by Gasteiger charge is -2.03. The minimum absolute atomic E-state index is 0.265. The van der Waals surface area contributed by atoms with Gasteiger partial charge in [0.25, 0.3) is 6.43 Å². The highest BCUT2D eigenvalue weighted by atomic mass is 19.3. The van der Waals surface area contributed by atoms with Crippen molar-refractivity contribution in [3.05, 3.63) is 36.0 Å². The van der Waals surface area contributed by atoms with Crippen LogP contribution in [0.3, 0.4) is 0 Å². The maximum absolute atomic E-state index is 12.6. The fourth-order valence-electron chi connectivity index (χ4n) is 2.16. The van der Waals surface area contributed by atoms with Crippen LogP contribution in [0.25, 0.3) is 10.9 Å². The molecule has 19 heavy (non-hydrogen) atoms. The van der Waals surface area contributed by atoms with Crippen molar-refractivity contribution in [2.75, 3.05) is 20.3 Å². The normalized spacial score (nSPS) is 11.6. The first-order valence-corrected chi connectivity index (χ1v) is 6.27. The van der Waals surface area contributed by atoms with Gasteiger partial charge in [0.15, 0.2) is 0 Å². The van der Waals surface area contributed by atoms with Crippen LogP contribution >= 0.6 is 0 Å². The van der Waals surface area contributed by atoms with E-state index in [1.165, 1.54) is 0 Å². The number of benzene rings is 1. The molecular formula is C14H18F2N2O. The molecule has 0 unspecified atom stereocenters. The molecule has 0 bridgehead atoms. The summed E-state index contributed by atoms with van der Waals surface area (Å²) in [6, 6.07) is 7.63. The summed E-state index contributed by atoms with van der Waals surface area (Å²) in [4.78, 5) is 0. The van der Waals surface area contributed by atoms with Crippen molar-refractivity contribution in [1.29, 1.82) is 0 Å². The Morgan fingerprint density at radius 2 is 2.11 bits per heavy atom. The van der Waals surface area contributed by atoms with Crippen molar-refractivity contribution in [2.45, 2.75) is 19.5 Å². The van der Waals surface area contributed by atoms with Crippen LogP contribution in [0.5, 0.6) is 0 Å². The average Bonchev–Trinajstić information content (AvgIpc) is 2.73. The second-order valence-corrected chi connectivity index (χ2v) is 4.38. The lowest BCUT2D eigenvalue weighted by atomic mass is 10.2. The van der Waals surface area contributed by atoms with E-state index >= 15 is 0 Å². The number of aromatic nitrogens is 1. The van der Waals surface area contributed by atoms with E-state index in [4.69, 9.17) is 4.74 Å². The van der Waals surface area contributed by atoms with Gasteiger partial charge in [0.05, 0.1) is 13.2 Å². The van der Waals surface area contributed by atoms with Gasteiger partial charge in [-0.05, 0) is 11.6 Å². The summed E-state index contributed by atoms with van der Waals surface area (Å²) >= 11 is 0. The van der Waals surface area contributed by atoms with E-state index in [2.05, 4.69) is 5.32 Å². The summed E-state index contributed by atoms with van der Waals surface area (Å²) in [5.41, 5.74) is 1.89. The summed E-state index contributed by atoms with van der Waals surface area (Å²) in [6.45, 7) is 1.76. The van der Waals surface area contributed by atoms with E-state index in [0.29, 0.717) is 13.2 Å². The van der Waals surface area contributed by atoms with Gasteiger partial charge in [0.1, 0.15) is 0 Å². The van der Waals surface area contributed by atoms with E-state index in [1.54, 1.807) is 17.9 Å². The van der Waals surface area contributed by atoms with E-state index in [0.717, 1.165) is 23.0 Å². The third-order valence-corrected chi connectivity index (χ3v) is 3.00. The van der Waals surface area contributed by atoms with Crippen molar-refractivity contribution in [2.24, 2.45) is 0 Å². The lowest BCUT2D eigenvalue weighted by Crippen LogP contribution is -2.18. The molecule has 0 amide bonds. The van der Waals surface area contributed by atoms with Gasteiger partial charge < -0.3 is 14.6 Å². The number of fused-ring (bicyclic) bond motifs is 1. The molecule has 0 spiro atoms. The van der Waals surface area contributed by atoms with Crippen molar-refractivity contribution >= 4 is 10.9 Å². The highest BCUT2D eigenvalue weighted by Gasteiger charge is 2.11. The van der Waals surface area contributed by atoms with Crippen LogP contribution in [0.2, 0.25) is 0 Å². The second-order valence-electron chi connectivity index (χ2n) is 4.38. The quantitative estimate of drug-likeness (QED) is 0.781. The Morgan fingerprint density at radius 1 is 1.32 bits per heavy atom. The SMILES string of the molecule is COCCNCc1cn(CC(F)F)c2ccccc12. The summed E-state index contributed by atoms with van der Waals surface area (Å²) in [6.07, 6.45) is -0.540. The van der Waals surface area contributed by atoms with Crippen LogP contribution in [0.1, 0.15) is 5.56 Å². The topological polar surface area (TPSA) is 26.2 Å². The van der Waals surface area contributed by atoms with Crippen LogP contribution in [0.4, 0.5) is 8.78 Å². The maximum Gasteiger partial charge on any atom is 0.256 e. The van der Waals surface area contributed by atoms with E-state index in [9.17, 15) is 8.78 Å². The van der Waals surface area contributed by atoms with Gasteiger partial charge >= 0.3 is 0 Å². The first-order valence-electron chi connectivity index (χ1n) is 6.27. The number of hydrogen-bond acceptors (Lipinski definition) is 2. The number of para-hydroxylation sites is 1. The zero-order valence-electron chi connectivity index (χ0n) is 10.9. The number of hydrogen-bond donors (Lipinski definition) is 1. The molecule has 1 N–H and O–H groups in total. The Kier molecular flexibility index (Phi) is 4.87. The van der Waals surface area contributed by atoms with Crippen molar-refractivity contribution < 1.29 is 13.5 Å². The van der Waals surface area contributed by atoms with Gasteiger partial charge in [-0.15, -0.1) is 0 Å². The first-order chi connectivity index (χ1) is 9.22. The molecular weight excluding hydrogens is 250 g/mol. The molecule has 1 aromatic carbocycles. The number of nitrogens with zero attached hydrogens (tertiary/aromatic N) is 1. The van der Waals surface area contributed by atoms with Gasteiger partial charge in [0.2, 0.25) is 0 Å². The molecule has 0 radical (unpaired) electrons. The molecule has 0 saturated carbocycles. The summed E-state index contributed by atoms with van der Waals surface area (Å²) in [5.74, 6) is 0. The molecule has 0 aliphatic rings. The lowest BCUT2D eigenvalue weighted by molar-refractivity contribution is 0.128. The zero-order chi connectivity index (χ0) is 13.7. The molecule has 0 aliphatic heterocycles. The van der Waals surface area contributed by atoms with Crippen LogP contribution in [0, 0.1) is 0 Å². The van der Waals surface area contributed by atoms with Gasteiger partial charge in [-0.2, -0.15) is 0 Å². The second kappa shape index (κ2) is 6.63. The number of methoxy groups -OCH3 is 1. The number of nitrogens with one attached hydrogen (secondary N) is 1. The molecule has 0 atom stereocenters. The third kappa shape index (κ3) is 3.52. The van der Waals surface area contributed by atoms with Crippen LogP contribution < -0.4 is 5.32 Å². The van der Waals surface area contributed by atoms with Crippen LogP contribution in [0.15, 0.2) is 30.5 Å². The van der Waals surface area contributed by atoms with E-state index in [1.807, 2.05) is 24.3 Å². The third-order valence-electron chi connectivity index (χ3n) is 3.00. The fraction of sp³-hybridized carbons (Fsp3) is 0.429. The monoisotopic (exact) mass is 268 g/mol. The molecule has 2 aromatic rings. The average molecular weight is 268 g/mol. The predicted octanol–water partition coefficient (Wildman–Crippen LogP) is 2.64. The summed E-state index contributed by atoms with van der Waals surface area (Å²) < 4.78 is 31.7.